The van der Waals surface area contributed by atoms with Gasteiger partial charge in [0, 0.05) is 7.11 Å². The van der Waals surface area contributed by atoms with Gasteiger partial charge in [0.25, 0.3) is 0 Å². The van der Waals surface area contributed by atoms with Crippen LogP contribution in [0, 0.1) is 0 Å². The zero-order valence-corrected chi connectivity index (χ0v) is 11.3. The summed E-state index contributed by atoms with van der Waals surface area (Å²) in [5.41, 5.74) is 2.52. The Morgan fingerprint density at radius 3 is 2.78 bits per heavy atom. The second-order valence-corrected chi connectivity index (χ2v) is 4.49. The minimum Gasteiger partial charge on any atom is -0.383 e. The number of ether oxygens (including phenoxy) is 1. The van der Waals surface area contributed by atoms with E-state index >= 15 is 0 Å². The first-order valence-electron chi connectivity index (χ1n) is 5.12. The molecule has 0 aliphatic carbocycles. The van der Waals surface area contributed by atoms with Crippen LogP contribution in [0.15, 0.2) is 10.7 Å². The Balaban J connectivity index is 2.93. The van der Waals surface area contributed by atoms with Crippen molar-refractivity contribution < 1.29 is 17.9 Å². The summed E-state index contributed by atoms with van der Waals surface area (Å²) in [6.07, 6.45) is -3.95. The van der Waals surface area contributed by atoms with Crippen LogP contribution in [0.25, 0.3) is 0 Å². The fourth-order valence-corrected chi connectivity index (χ4v) is 2.11. The van der Waals surface area contributed by atoms with E-state index in [4.69, 9.17) is 10.6 Å². The Morgan fingerprint density at radius 1 is 1.61 bits per heavy atom. The molecule has 0 radical (unpaired) electrons. The third-order valence-corrected chi connectivity index (χ3v) is 2.92. The fraction of sp³-hybridized carbons (Fsp3) is 0.667. The van der Waals surface area contributed by atoms with Gasteiger partial charge in [-0.15, -0.1) is 0 Å². The Morgan fingerprint density at radius 2 is 2.28 bits per heavy atom. The summed E-state index contributed by atoms with van der Waals surface area (Å²) in [6, 6.07) is -1.06. The minimum atomic E-state index is -4.31. The van der Waals surface area contributed by atoms with Gasteiger partial charge in [0.15, 0.2) is 0 Å². The summed E-state index contributed by atoms with van der Waals surface area (Å²) >= 11 is 3.17. The third kappa shape index (κ3) is 4.23. The van der Waals surface area contributed by atoms with Crippen LogP contribution in [0.5, 0.6) is 0 Å². The molecule has 1 aromatic heterocycles. The molecular weight excluding hydrogens is 317 g/mol. The zero-order chi connectivity index (χ0) is 13.8. The van der Waals surface area contributed by atoms with Gasteiger partial charge < -0.3 is 4.74 Å². The topological polar surface area (TPSA) is 65.1 Å². The van der Waals surface area contributed by atoms with Crippen molar-refractivity contribution in [2.24, 2.45) is 5.84 Å². The van der Waals surface area contributed by atoms with Crippen molar-refractivity contribution in [2.45, 2.75) is 25.2 Å². The normalized spacial score (nSPS) is 13.9. The van der Waals surface area contributed by atoms with E-state index in [0.29, 0.717) is 23.3 Å². The van der Waals surface area contributed by atoms with Crippen molar-refractivity contribution in [3.63, 3.8) is 0 Å². The SMILES string of the molecule is COCCn1ncc(Br)c1C(CC(F)(F)F)NN. The van der Waals surface area contributed by atoms with Crippen molar-refractivity contribution in [3.8, 4) is 0 Å². The Kier molecular flexibility index (Phi) is 5.57. The number of hydrogen-bond acceptors (Lipinski definition) is 4. The van der Waals surface area contributed by atoms with Gasteiger partial charge in [-0.05, 0) is 15.9 Å². The molecule has 0 spiro atoms. The van der Waals surface area contributed by atoms with E-state index < -0.39 is 18.6 Å². The number of methoxy groups -OCH3 is 1. The van der Waals surface area contributed by atoms with E-state index in [-0.39, 0.29) is 0 Å². The second kappa shape index (κ2) is 6.50. The van der Waals surface area contributed by atoms with Crippen molar-refractivity contribution >= 4 is 15.9 Å². The lowest BCUT2D eigenvalue weighted by atomic mass is 10.1. The lowest BCUT2D eigenvalue weighted by Crippen LogP contribution is -2.34. The predicted molar refractivity (Wildman–Crippen MR) is 62.5 cm³/mol. The summed E-state index contributed by atoms with van der Waals surface area (Å²) in [7, 11) is 1.51. The number of aromatic nitrogens is 2. The number of hydrogen-bond donors (Lipinski definition) is 2. The highest BCUT2D eigenvalue weighted by Gasteiger charge is 2.34. The van der Waals surface area contributed by atoms with Crippen LogP contribution in [-0.2, 0) is 11.3 Å². The van der Waals surface area contributed by atoms with Crippen LogP contribution in [-0.4, -0.2) is 29.7 Å². The summed E-state index contributed by atoms with van der Waals surface area (Å²) in [4.78, 5) is 0. The third-order valence-electron chi connectivity index (χ3n) is 2.31. The molecule has 1 atom stereocenters. The first-order valence-corrected chi connectivity index (χ1v) is 5.91. The molecule has 0 fully saturated rings. The smallest absolute Gasteiger partial charge is 0.383 e. The largest absolute Gasteiger partial charge is 0.391 e. The van der Waals surface area contributed by atoms with E-state index in [2.05, 4.69) is 26.5 Å². The van der Waals surface area contributed by atoms with Crippen LogP contribution < -0.4 is 11.3 Å². The molecule has 1 unspecified atom stereocenters. The van der Waals surface area contributed by atoms with Crippen LogP contribution in [0.1, 0.15) is 18.2 Å². The average molecular weight is 331 g/mol. The van der Waals surface area contributed by atoms with Crippen molar-refractivity contribution in [1.82, 2.24) is 15.2 Å². The predicted octanol–water partition coefficient (Wildman–Crippen LogP) is 1.75. The second-order valence-electron chi connectivity index (χ2n) is 3.63. The quantitative estimate of drug-likeness (QED) is 0.616. The Hall–Kier alpha value is -0.640. The molecule has 9 heteroatoms. The minimum absolute atomic E-state index is 0.352. The maximum atomic E-state index is 12.4. The first-order chi connectivity index (χ1) is 8.39. The van der Waals surface area contributed by atoms with Crippen LogP contribution in [0.4, 0.5) is 13.2 Å². The monoisotopic (exact) mass is 330 g/mol. The fourth-order valence-electron chi connectivity index (χ4n) is 1.54. The summed E-state index contributed by atoms with van der Waals surface area (Å²) in [6.45, 7) is 0.706. The Labute approximate surface area is 111 Å². The highest BCUT2D eigenvalue weighted by molar-refractivity contribution is 9.10. The molecule has 1 aromatic rings. The molecule has 1 heterocycles. The molecule has 0 saturated heterocycles. The van der Waals surface area contributed by atoms with E-state index in [1.807, 2.05) is 0 Å². The van der Waals surface area contributed by atoms with Gasteiger partial charge in [0.2, 0.25) is 0 Å². The molecule has 0 amide bonds. The molecule has 0 aromatic carbocycles. The molecule has 104 valence electrons. The highest BCUT2D eigenvalue weighted by Crippen LogP contribution is 2.32. The number of halogens is 4. The van der Waals surface area contributed by atoms with E-state index in [1.54, 1.807) is 0 Å². The van der Waals surface area contributed by atoms with Gasteiger partial charge in [-0.25, -0.2) is 0 Å². The summed E-state index contributed by atoms with van der Waals surface area (Å²) in [5, 5.41) is 3.98. The average Bonchev–Trinajstić information content (AvgIpc) is 2.63. The van der Waals surface area contributed by atoms with Gasteiger partial charge >= 0.3 is 6.18 Å². The summed E-state index contributed by atoms with van der Waals surface area (Å²) in [5.74, 6) is 5.19. The lowest BCUT2D eigenvalue weighted by molar-refractivity contribution is -0.141. The lowest BCUT2D eigenvalue weighted by Gasteiger charge is -2.19. The Bertz CT molecular complexity index is 382. The molecular formula is C9H14BrF3N4O. The molecule has 0 saturated carbocycles. The molecule has 3 N–H and O–H groups in total. The standard InChI is InChI=1S/C9H14BrF3N4O/c1-18-3-2-17-8(6(10)5-15-17)7(16-14)4-9(11,12)13/h5,7,16H,2-4,14H2,1H3. The van der Waals surface area contributed by atoms with E-state index in [9.17, 15) is 13.2 Å². The molecule has 0 aliphatic heterocycles. The van der Waals surface area contributed by atoms with E-state index in [0.717, 1.165) is 0 Å². The molecule has 0 aliphatic rings. The summed E-state index contributed by atoms with van der Waals surface area (Å²) < 4.78 is 44.1. The number of nitrogens with two attached hydrogens (primary N) is 1. The molecule has 1 rings (SSSR count). The van der Waals surface area contributed by atoms with Gasteiger partial charge in [-0.2, -0.15) is 18.3 Å². The number of alkyl halides is 3. The van der Waals surface area contributed by atoms with Gasteiger partial charge in [-0.1, -0.05) is 0 Å². The van der Waals surface area contributed by atoms with Crippen LogP contribution >= 0.6 is 15.9 Å². The van der Waals surface area contributed by atoms with Crippen LogP contribution in [0.3, 0.4) is 0 Å². The van der Waals surface area contributed by atoms with Gasteiger partial charge in [0.1, 0.15) is 0 Å². The number of rotatable bonds is 6. The first kappa shape index (κ1) is 15.4. The van der Waals surface area contributed by atoms with Crippen LogP contribution in [0.2, 0.25) is 0 Å². The molecule has 0 bridgehead atoms. The maximum Gasteiger partial charge on any atom is 0.391 e. The number of hydrazine groups is 1. The van der Waals surface area contributed by atoms with Crippen molar-refractivity contribution in [2.75, 3.05) is 13.7 Å². The van der Waals surface area contributed by atoms with E-state index in [1.165, 1.54) is 18.0 Å². The van der Waals surface area contributed by atoms with Gasteiger partial charge in [-0.3, -0.25) is 16.0 Å². The van der Waals surface area contributed by atoms with Crippen molar-refractivity contribution in [1.29, 1.82) is 0 Å². The zero-order valence-electron chi connectivity index (χ0n) is 9.67. The molecule has 5 nitrogen and oxygen atoms in total. The maximum absolute atomic E-state index is 12.4. The van der Waals surface area contributed by atoms with Crippen molar-refractivity contribution in [3.05, 3.63) is 16.4 Å². The highest BCUT2D eigenvalue weighted by atomic mass is 79.9. The molecule has 18 heavy (non-hydrogen) atoms. The number of nitrogens with one attached hydrogen (secondary N) is 1. The number of nitrogens with zero attached hydrogens (tertiary/aromatic N) is 2. The van der Waals surface area contributed by atoms with Gasteiger partial charge in [0.05, 0.1) is 42.0 Å².